The number of aliphatic carboxylic acids is 1. The van der Waals surface area contributed by atoms with Crippen LogP contribution in [0.3, 0.4) is 0 Å². The summed E-state index contributed by atoms with van der Waals surface area (Å²) in [5, 5.41) is 15.7. The number of hydrogen-bond donors (Lipinski definition) is 2. The summed E-state index contributed by atoms with van der Waals surface area (Å²) in [5.74, 6) is -1.29. The Morgan fingerprint density at radius 1 is 1.60 bits per heavy atom. The number of amides is 1. The molecule has 0 bridgehead atoms. The van der Waals surface area contributed by atoms with Crippen molar-refractivity contribution in [2.45, 2.75) is 51.5 Å². The van der Waals surface area contributed by atoms with Crippen molar-refractivity contribution in [2.24, 2.45) is 5.92 Å². The van der Waals surface area contributed by atoms with Crippen LogP contribution in [0.2, 0.25) is 0 Å². The highest BCUT2D eigenvalue weighted by Crippen LogP contribution is 2.39. The topological polar surface area (TPSA) is 92.4 Å². The Bertz CT molecular complexity index is 521. The van der Waals surface area contributed by atoms with E-state index in [9.17, 15) is 14.7 Å². The van der Waals surface area contributed by atoms with Crippen molar-refractivity contribution in [2.75, 3.05) is 0 Å². The van der Waals surface area contributed by atoms with E-state index in [2.05, 4.69) is 10.5 Å². The van der Waals surface area contributed by atoms with Crippen LogP contribution in [0.4, 0.5) is 0 Å². The quantitative estimate of drug-likeness (QED) is 0.833. The molecule has 1 heterocycles. The maximum atomic E-state index is 12.1. The van der Waals surface area contributed by atoms with Crippen LogP contribution in [-0.2, 0) is 4.79 Å². The number of carbonyl (C=O) groups excluding carboxylic acids is 1. The monoisotopic (exact) mass is 280 g/mol. The van der Waals surface area contributed by atoms with E-state index in [0.717, 1.165) is 19.3 Å². The average molecular weight is 280 g/mol. The first-order valence-corrected chi connectivity index (χ1v) is 6.91. The van der Waals surface area contributed by atoms with Crippen molar-refractivity contribution in [1.82, 2.24) is 10.5 Å². The minimum absolute atomic E-state index is 0.0130. The van der Waals surface area contributed by atoms with Crippen molar-refractivity contribution in [1.29, 1.82) is 0 Å². The van der Waals surface area contributed by atoms with E-state index >= 15 is 0 Å². The van der Waals surface area contributed by atoms with E-state index in [1.165, 1.54) is 6.92 Å². The molecule has 0 radical (unpaired) electrons. The molecule has 110 valence electrons. The number of carbonyl (C=O) groups is 2. The molecular weight excluding hydrogens is 260 g/mol. The van der Waals surface area contributed by atoms with Crippen molar-refractivity contribution < 1.29 is 19.2 Å². The van der Waals surface area contributed by atoms with E-state index in [1.54, 1.807) is 6.07 Å². The summed E-state index contributed by atoms with van der Waals surface area (Å²) in [5.41, 5.74) is -0.526. The van der Waals surface area contributed by atoms with Gasteiger partial charge in [0.25, 0.3) is 5.91 Å². The van der Waals surface area contributed by atoms with Crippen molar-refractivity contribution in [3.05, 3.63) is 17.5 Å². The molecule has 0 spiro atoms. The standard InChI is InChI=1S/C14H20N2O4/c1-4-8(2)10-7-11(20-16-10)12(17)15-14(3,13(18)19)9-5-6-9/h7-9H,4-6H2,1-3H3,(H,15,17)(H,18,19). The third-order valence-corrected chi connectivity index (χ3v) is 4.08. The van der Waals surface area contributed by atoms with Gasteiger partial charge in [0.2, 0.25) is 5.76 Å². The molecule has 1 aromatic heterocycles. The highest BCUT2D eigenvalue weighted by atomic mass is 16.5. The molecule has 1 aliphatic carbocycles. The summed E-state index contributed by atoms with van der Waals surface area (Å²) >= 11 is 0. The van der Waals surface area contributed by atoms with Crippen LogP contribution >= 0.6 is 0 Å². The minimum atomic E-state index is -1.24. The molecule has 2 N–H and O–H groups in total. The van der Waals surface area contributed by atoms with Crippen LogP contribution in [-0.4, -0.2) is 27.7 Å². The predicted molar refractivity (Wildman–Crippen MR) is 71.4 cm³/mol. The molecule has 1 saturated carbocycles. The molecule has 0 aliphatic heterocycles. The number of nitrogens with one attached hydrogen (secondary N) is 1. The lowest BCUT2D eigenvalue weighted by molar-refractivity contribution is -0.144. The van der Waals surface area contributed by atoms with E-state index in [0.29, 0.717) is 5.69 Å². The molecule has 0 saturated heterocycles. The van der Waals surface area contributed by atoms with Gasteiger partial charge in [0, 0.05) is 12.0 Å². The summed E-state index contributed by atoms with van der Waals surface area (Å²) in [6.45, 7) is 5.55. The third-order valence-electron chi connectivity index (χ3n) is 4.08. The Hall–Kier alpha value is -1.85. The van der Waals surface area contributed by atoms with Crippen LogP contribution < -0.4 is 5.32 Å². The number of aromatic nitrogens is 1. The Labute approximate surface area is 117 Å². The van der Waals surface area contributed by atoms with Gasteiger partial charge < -0.3 is 14.9 Å². The highest BCUT2D eigenvalue weighted by Gasteiger charge is 2.49. The van der Waals surface area contributed by atoms with E-state index in [-0.39, 0.29) is 17.6 Å². The van der Waals surface area contributed by atoms with Gasteiger partial charge in [-0.05, 0) is 32.1 Å². The fraction of sp³-hybridized carbons (Fsp3) is 0.643. The van der Waals surface area contributed by atoms with Crippen LogP contribution in [0.5, 0.6) is 0 Å². The summed E-state index contributed by atoms with van der Waals surface area (Å²) in [7, 11) is 0. The number of rotatable bonds is 6. The first-order valence-electron chi connectivity index (χ1n) is 6.91. The van der Waals surface area contributed by atoms with Crippen LogP contribution in [0.25, 0.3) is 0 Å². The van der Waals surface area contributed by atoms with E-state index in [1.807, 2.05) is 13.8 Å². The van der Waals surface area contributed by atoms with Crippen molar-refractivity contribution in [3.8, 4) is 0 Å². The lowest BCUT2D eigenvalue weighted by atomic mass is 9.95. The first kappa shape index (κ1) is 14.6. The third kappa shape index (κ3) is 2.69. The molecule has 6 heteroatoms. The minimum Gasteiger partial charge on any atom is -0.480 e. The number of carboxylic acids is 1. The van der Waals surface area contributed by atoms with Crippen molar-refractivity contribution in [3.63, 3.8) is 0 Å². The van der Waals surface area contributed by atoms with Gasteiger partial charge in [0.05, 0.1) is 5.69 Å². The highest BCUT2D eigenvalue weighted by molar-refractivity contribution is 5.95. The zero-order valence-electron chi connectivity index (χ0n) is 12.0. The van der Waals surface area contributed by atoms with Gasteiger partial charge in [-0.2, -0.15) is 0 Å². The second-order valence-corrected chi connectivity index (χ2v) is 5.66. The number of hydrogen-bond acceptors (Lipinski definition) is 4. The fourth-order valence-electron chi connectivity index (χ4n) is 2.13. The second-order valence-electron chi connectivity index (χ2n) is 5.66. The molecule has 2 atom stereocenters. The lowest BCUT2D eigenvalue weighted by Gasteiger charge is -2.25. The Morgan fingerprint density at radius 3 is 2.75 bits per heavy atom. The zero-order chi connectivity index (χ0) is 14.9. The van der Waals surface area contributed by atoms with Gasteiger partial charge in [0.1, 0.15) is 5.54 Å². The summed E-state index contributed by atoms with van der Waals surface area (Å²) in [6, 6.07) is 1.58. The van der Waals surface area contributed by atoms with Crippen molar-refractivity contribution >= 4 is 11.9 Å². The summed E-state index contributed by atoms with van der Waals surface area (Å²) in [4.78, 5) is 23.5. The van der Waals surface area contributed by atoms with Crippen LogP contribution in [0.15, 0.2) is 10.6 Å². The van der Waals surface area contributed by atoms with Crippen LogP contribution in [0.1, 0.15) is 62.2 Å². The predicted octanol–water partition coefficient (Wildman–Crippen LogP) is 2.17. The van der Waals surface area contributed by atoms with Gasteiger partial charge in [0.15, 0.2) is 0 Å². The summed E-state index contributed by atoms with van der Waals surface area (Å²) < 4.78 is 5.02. The molecule has 1 aromatic rings. The molecule has 6 nitrogen and oxygen atoms in total. The van der Waals surface area contributed by atoms with Gasteiger partial charge in [-0.1, -0.05) is 19.0 Å². The molecule has 2 unspecified atom stereocenters. The summed E-state index contributed by atoms with van der Waals surface area (Å²) in [6.07, 6.45) is 2.53. The molecule has 1 aliphatic rings. The van der Waals surface area contributed by atoms with Gasteiger partial charge in [-0.3, -0.25) is 4.79 Å². The maximum Gasteiger partial charge on any atom is 0.329 e. The van der Waals surface area contributed by atoms with Crippen LogP contribution in [0, 0.1) is 5.92 Å². The first-order chi connectivity index (χ1) is 9.38. The molecule has 1 amide bonds. The molecule has 1 fully saturated rings. The zero-order valence-corrected chi connectivity index (χ0v) is 12.0. The number of nitrogens with zero attached hydrogens (tertiary/aromatic N) is 1. The van der Waals surface area contributed by atoms with Gasteiger partial charge in [-0.25, -0.2) is 4.79 Å². The average Bonchev–Trinajstić information content (AvgIpc) is 3.15. The van der Waals surface area contributed by atoms with E-state index in [4.69, 9.17) is 4.52 Å². The second kappa shape index (κ2) is 5.26. The molecule has 20 heavy (non-hydrogen) atoms. The normalized spacial score (nSPS) is 19.1. The maximum absolute atomic E-state index is 12.1. The lowest BCUT2D eigenvalue weighted by Crippen LogP contribution is -2.53. The Balaban J connectivity index is 2.11. The Kier molecular flexibility index (Phi) is 3.83. The largest absolute Gasteiger partial charge is 0.480 e. The smallest absolute Gasteiger partial charge is 0.329 e. The molecule has 0 aromatic carbocycles. The SMILES string of the molecule is CCC(C)c1cc(C(=O)NC(C)(C(=O)O)C2CC2)on1. The number of carboxylic acid groups (broad SMARTS) is 1. The Morgan fingerprint density at radius 2 is 2.25 bits per heavy atom. The van der Waals surface area contributed by atoms with E-state index < -0.39 is 17.4 Å². The fourth-order valence-corrected chi connectivity index (χ4v) is 2.13. The van der Waals surface area contributed by atoms with Gasteiger partial charge in [-0.15, -0.1) is 0 Å². The molecule has 2 rings (SSSR count). The van der Waals surface area contributed by atoms with Gasteiger partial charge >= 0.3 is 5.97 Å². The molecular formula is C14H20N2O4.